The lowest BCUT2D eigenvalue weighted by Gasteiger charge is -2.09. The average Bonchev–Trinajstić information content (AvgIpc) is 3.16. The third-order valence-electron chi connectivity index (χ3n) is 5.34. The first kappa shape index (κ1) is 19.3. The first-order chi connectivity index (χ1) is 15.7. The highest BCUT2D eigenvalue weighted by atomic mass is 32.1. The van der Waals surface area contributed by atoms with Crippen LogP contribution in [0.15, 0.2) is 41.8 Å². The number of carbonyl (C=O) groups excluding carboxylic acids is 1. The van der Waals surface area contributed by atoms with Crippen LogP contribution in [-0.4, -0.2) is 37.7 Å². The molecule has 6 rings (SSSR count). The summed E-state index contributed by atoms with van der Waals surface area (Å²) in [5.74, 6) is 1.24. The Bertz CT molecular complexity index is 1450. The van der Waals surface area contributed by atoms with Gasteiger partial charge in [0.15, 0.2) is 12.4 Å². The van der Waals surface area contributed by atoms with Crippen molar-refractivity contribution in [1.29, 1.82) is 0 Å². The number of hydrogen-bond donors (Lipinski definition) is 1. The standard InChI is InChI=1S/C22H18N6O2S2/c1-12-23-20-18(32-12)10-17(16-8-9-31-21(16)20)30-11-19(29)24-14-4-2-13(3-5-14)22-25-26-27-28(22)15-6-7-15/h2-5,8-10,15H,6-7,11H2,1H3,(H,24,29). The van der Waals surface area contributed by atoms with Gasteiger partial charge >= 0.3 is 0 Å². The van der Waals surface area contributed by atoms with E-state index in [0.29, 0.717) is 17.5 Å². The molecule has 3 aromatic heterocycles. The van der Waals surface area contributed by atoms with E-state index in [0.717, 1.165) is 49.5 Å². The van der Waals surface area contributed by atoms with E-state index >= 15 is 0 Å². The lowest BCUT2D eigenvalue weighted by Crippen LogP contribution is -2.20. The van der Waals surface area contributed by atoms with Gasteiger partial charge in [-0.15, -0.1) is 27.8 Å². The first-order valence-corrected chi connectivity index (χ1v) is 11.9. The van der Waals surface area contributed by atoms with Crippen LogP contribution in [0.2, 0.25) is 0 Å². The summed E-state index contributed by atoms with van der Waals surface area (Å²) in [7, 11) is 0. The SMILES string of the molecule is Cc1nc2c(cc(OCC(=O)Nc3ccc(-c4nnnn4C4CC4)cc3)c3ccsc32)s1. The van der Waals surface area contributed by atoms with Crippen molar-refractivity contribution in [2.45, 2.75) is 25.8 Å². The minimum atomic E-state index is -0.218. The molecule has 0 radical (unpaired) electrons. The number of hydrogen-bond acceptors (Lipinski definition) is 8. The van der Waals surface area contributed by atoms with E-state index in [1.54, 1.807) is 22.7 Å². The normalized spacial score (nSPS) is 13.7. The predicted molar refractivity (Wildman–Crippen MR) is 125 cm³/mol. The van der Waals surface area contributed by atoms with E-state index < -0.39 is 0 Å². The van der Waals surface area contributed by atoms with Gasteiger partial charge in [0, 0.05) is 22.7 Å². The summed E-state index contributed by atoms with van der Waals surface area (Å²) >= 11 is 3.26. The molecule has 0 bridgehead atoms. The number of aromatic nitrogens is 5. The molecule has 160 valence electrons. The van der Waals surface area contributed by atoms with Gasteiger partial charge in [-0.2, -0.15) is 0 Å². The smallest absolute Gasteiger partial charge is 0.262 e. The fraction of sp³-hybridized carbons (Fsp3) is 0.227. The highest BCUT2D eigenvalue weighted by Gasteiger charge is 2.28. The second-order valence-corrected chi connectivity index (χ2v) is 9.86. The third-order valence-corrected chi connectivity index (χ3v) is 7.18. The molecule has 1 fully saturated rings. The maximum Gasteiger partial charge on any atom is 0.262 e. The van der Waals surface area contributed by atoms with Crippen molar-refractivity contribution >= 4 is 54.6 Å². The number of fused-ring (bicyclic) bond motifs is 3. The van der Waals surface area contributed by atoms with Crippen molar-refractivity contribution in [1.82, 2.24) is 25.2 Å². The minimum absolute atomic E-state index is 0.0735. The zero-order chi connectivity index (χ0) is 21.7. The molecule has 1 N–H and O–H groups in total. The molecule has 8 nitrogen and oxygen atoms in total. The molecular formula is C22H18N6O2S2. The van der Waals surface area contributed by atoms with Gasteiger partial charge in [0.1, 0.15) is 5.75 Å². The van der Waals surface area contributed by atoms with Crippen molar-refractivity contribution < 1.29 is 9.53 Å². The maximum absolute atomic E-state index is 12.5. The van der Waals surface area contributed by atoms with Crippen LogP contribution in [-0.2, 0) is 4.79 Å². The lowest BCUT2D eigenvalue weighted by molar-refractivity contribution is -0.118. The predicted octanol–water partition coefficient (Wildman–Crippen LogP) is 4.83. The van der Waals surface area contributed by atoms with Crippen molar-refractivity contribution in [2.24, 2.45) is 0 Å². The molecule has 0 aliphatic heterocycles. The van der Waals surface area contributed by atoms with E-state index in [2.05, 4.69) is 25.8 Å². The summed E-state index contributed by atoms with van der Waals surface area (Å²) in [5.41, 5.74) is 2.62. The van der Waals surface area contributed by atoms with Crippen LogP contribution in [0.4, 0.5) is 5.69 Å². The van der Waals surface area contributed by atoms with Gasteiger partial charge in [-0.25, -0.2) is 9.67 Å². The molecule has 0 saturated heterocycles. The number of tetrazole rings is 1. The summed E-state index contributed by atoms with van der Waals surface area (Å²) in [6, 6.07) is 11.9. The topological polar surface area (TPSA) is 94.8 Å². The van der Waals surface area contributed by atoms with E-state index in [9.17, 15) is 4.79 Å². The number of thiophene rings is 1. The Kier molecular flexibility index (Phi) is 4.62. The Morgan fingerprint density at radius 1 is 1.25 bits per heavy atom. The molecule has 32 heavy (non-hydrogen) atoms. The maximum atomic E-state index is 12.5. The highest BCUT2D eigenvalue weighted by molar-refractivity contribution is 7.21. The van der Waals surface area contributed by atoms with Crippen molar-refractivity contribution in [3.05, 3.63) is 46.8 Å². The number of thiazole rings is 1. The van der Waals surface area contributed by atoms with Crippen LogP contribution in [0.5, 0.6) is 5.75 Å². The molecular weight excluding hydrogens is 444 g/mol. The van der Waals surface area contributed by atoms with E-state index in [1.807, 2.05) is 53.4 Å². The van der Waals surface area contributed by atoms with E-state index in [1.165, 1.54) is 0 Å². The van der Waals surface area contributed by atoms with Gasteiger partial charge in [-0.3, -0.25) is 4.79 Å². The largest absolute Gasteiger partial charge is 0.483 e. The molecule has 0 spiro atoms. The van der Waals surface area contributed by atoms with Crippen LogP contribution >= 0.6 is 22.7 Å². The van der Waals surface area contributed by atoms with Gasteiger partial charge < -0.3 is 10.1 Å². The average molecular weight is 463 g/mol. The van der Waals surface area contributed by atoms with Crippen molar-refractivity contribution in [2.75, 3.05) is 11.9 Å². The number of amides is 1. The molecule has 5 aromatic rings. The quantitative estimate of drug-likeness (QED) is 0.389. The lowest BCUT2D eigenvalue weighted by atomic mass is 10.2. The Balaban J connectivity index is 1.15. The number of rotatable bonds is 6. The third kappa shape index (κ3) is 3.51. The monoisotopic (exact) mass is 462 g/mol. The second kappa shape index (κ2) is 7.64. The number of benzene rings is 2. The summed E-state index contributed by atoms with van der Waals surface area (Å²) in [4.78, 5) is 17.1. The van der Waals surface area contributed by atoms with Crippen LogP contribution in [0.1, 0.15) is 23.9 Å². The molecule has 1 saturated carbocycles. The molecule has 1 amide bonds. The number of ether oxygens (including phenoxy) is 1. The van der Waals surface area contributed by atoms with Crippen LogP contribution in [0.3, 0.4) is 0 Å². The van der Waals surface area contributed by atoms with E-state index in [-0.39, 0.29) is 12.5 Å². The van der Waals surface area contributed by atoms with Crippen LogP contribution in [0, 0.1) is 6.92 Å². The highest BCUT2D eigenvalue weighted by Crippen LogP contribution is 2.39. The summed E-state index contributed by atoms with van der Waals surface area (Å²) in [6.45, 7) is 1.92. The zero-order valence-corrected chi connectivity index (χ0v) is 18.7. The van der Waals surface area contributed by atoms with Crippen LogP contribution in [0.25, 0.3) is 31.7 Å². The fourth-order valence-corrected chi connectivity index (χ4v) is 5.53. The molecule has 2 aromatic carbocycles. The van der Waals surface area contributed by atoms with Crippen LogP contribution < -0.4 is 10.1 Å². The Morgan fingerprint density at radius 2 is 2.09 bits per heavy atom. The summed E-state index contributed by atoms with van der Waals surface area (Å²) in [6.07, 6.45) is 2.22. The number of carbonyl (C=O) groups is 1. The molecule has 3 heterocycles. The molecule has 10 heteroatoms. The molecule has 1 aliphatic carbocycles. The zero-order valence-electron chi connectivity index (χ0n) is 17.1. The molecule has 1 aliphatic rings. The second-order valence-electron chi connectivity index (χ2n) is 7.71. The van der Waals surface area contributed by atoms with E-state index in [4.69, 9.17) is 4.74 Å². The Hall–Kier alpha value is -3.37. The number of nitrogens with one attached hydrogen (secondary N) is 1. The fourth-order valence-electron chi connectivity index (χ4n) is 3.70. The van der Waals surface area contributed by atoms with Gasteiger partial charge in [-0.1, -0.05) is 0 Å². The number of aryl methyl sites for hydroxylation is 1. The van der Waals surface area contributed by atoms with Crippen molar-refractivity contribution in [3.8, 4) is 17.1 Å². The Morgan fingerprint density at radius 3 is 2.91 bits per heavy atom. The summed E-state index contributed by atoms with van der Waals surface area (Å²) in [5, 5.41) is 18.9. The number of nitrogens with zero attached hydrogens (tertiary/aromatic N) is 5. The van der Waals surface area contributed by atoms with Gasteiger partial charge in [0.25, 0.3) is 5.91 Å². The van der Waals surface area contributed by atoms with Gasteiger partial charge in [0.05, 0.1) is 26.0 Å². The Labute approximate surface area is 190 Å². The van der Waals surface area contributed by atoms with Gasteiger partial charge in [-0.05, 0) is 65.9 Å². The van der Waals surface area contributed by atoms with Gasteiger partial charge in [0.2, 0.25) is 0 Å². The first-order valence-electron chi connectivity index (χ1n) is 10.2. The minimum Gasteiger partial charge on any atom is -0.483 e. The molecule has 0 atom stereocenters. The summed E-state index contributed by atoms with van der Waals surface area (Å²) < 4.78 is 9.93. The van der Waals surface area contributed by atoms with Crippen molar-refractivity contribution in [3.63, 3.8) is 0 Å². The number of anilines is 1. The molecule has 0 unspecified atom stereocenters.